The number of carbonyl (C=O) groups excluding carboxylic acids is 2. The zero-order chi connectivity index (χ0) is 18.9. The van der Waals surface area contributed by atoms with Gasteiger partial charge < -0.3 is 10.1 Å². The second-order valence-corrected chi connectivity index (χ2v) is 6.85. The number of benzene rings is 2. The van der Waals surface area contributed by atoms with Crippen LogP contribution in [0.3, 0.4) is 0 Å². The van der Waals surface area contributed by atoms with Gasteiger partial charge in [0.2, 0.25) is 0 Å². The highest BCUT2D eigenvalue weighted by Crippen LogP contribution is 2.15. The van der Waals surface area contributed by atoms with Crippen molar-refractivity contribution in [2.45, 2.75) is 45.6 Å². The Morgan fingerprint density at radius 2 is 1.62 bits per heavy atom. The summed E-state index contributed by atoms with van der Waals surface area (Å²) in [5.74, 6) is -0.353. The van der Waals surface area contributed by atoms with E-state index in [1.165, 1.54) is 5.56 Å². The van der Waals surface area contributed by atoms with Crippen LogP contribution in [0.1, 0.15) is 54.6 Å². The molecule has 2 aromatic rings. The molecule has 0 unspecified atom stereocenters. The molecular weight excluding hydrogens is 326 g/mol. The normalized spacial score (nSPS) is 11.8. The maximum absolute atomic E-state index is 12.0. The fourth-order valence-electron chi connectivity index (χ4n) is 2.64. The molecule has 2 rings (SSSR count). The molecule has 26 heavy (non-hydrogen) atoms. The van der Waals surface area contributed by atoms with E-state index in [9.17, 15) is 9.59 Å². The molecule has 0 aromatic heterocycles. The van der Waals surface area contributed by atoms with Gasteiger partial charge in [-0.1, -0.05) is 56.3 Å². The second kappa shape index (κ2) is 9.76. The lowest BCUT2D eigenvalue weighted by atomic mass is 10.0. The van der Waals surface area contributed by atoms with Gasteiger partial charge in [-0.3, -0.25) is 4.79 Å². The standard InChI is InChI=1S/C22H27NO3/c1-16(2)19-11-13-20(14-12-19)22(25)26-15-21(24)23-17(3)9-10-18-7-5-4-6-8-18/h4-8,11-14,16-17H,9-10,15H2,1-3H3,(H,23,24)/t17-/m0/s1. The lowest BCUT2D eigenvalue weighted by molar-refractivity contribution is -0.124. The number of nitrogens with one attached hydrogen (secondary N) is 1. The molecular formula is C22H27NO3. The molecule has 0 aliphatic heterocycles. The molecule has 0 bridgehead atoms. The first-order chi connectivity index (χ1) is 12.5. The summed E-state index contributed by atoms with van der Waals surface area (Å²) in [5.41, 5.74) is 2.86. The van der Waals surface area contributed by atoms with Crippen molar-refractivity contribution in [3.63, 3.8) is 0 Å². The van der Waals surface area contributed by atoms with E-state index in [1.54, 1.807) is 12.1 Å². The van der Waals surface area contributed by atoms with Crippen molar-refractivity contribution in [1.29, 1.82) is 0 Å². The van der Waals surface area contributed by atoms with Gasteiger partial charge >= 0.3 is 5.97 Å². The molecule has 2 aromatic carbocycles. The van der Waals surface area contributed by atoms with E-state index in [2.05, 4.69) is 31.3 Å². The third-order valence-electron chi connectivity index (χ3n) is 4.26. The largest absolute Gasteiger partial charge is 0.452 e. The van der Waals surface area contributed by atoms with E-state index in [1.807, 2.05) is 37.3 Å². The SMILES string of the molecule is CC(C)c1ccc(C(=O)OCC(=O)N[C@@H](C)CCc2ccccc2)cc1. The van der Waals surface area contributed by atoms with Crippen LogP contribution in [0.2, 0.25) is 0 Å². The van der Waals surface area contributed by atoms with Crippen LogP contribution in [-0.4, -0.2) is 24.5 Å². The minimum atomic E-state index is -0.479. The monoisotopic (exact) mass is 353 g/mol. The van der Waals surface area contributed by atoms with Crippen molar-refractivity contribution >= 4 is 11.9 Å². The predicted molar refractivity (Wildman–Crippen MR) is 103 cm³/mol. The summed E-state index contributed by atoms with van der Waals surface area (Å²) in [5, 5.41) is 2.86. The topological polar surface area (TPSA) is 55.4 Å². The second-order valence-electron chi connectivity index (χ2n) is 6.85. The number of amides is 1. The summed E-state index contributed by atoms with van der Waals surface area (Å²) in [6.45, 7) is 5.88. The average molecular weight is 353 g/mol. The molecule has 138 valence electrons. The van der Waals surface area contributed by atoms with Crippen molar-refractivity contribution in [3.05, 3.63) is 71.3 Å². The number of ether oxygens (including phenoxy) is 1. The van der Waals surface area contributed by atoms with Gasteiger partial charge in [0.25, 0.3) is 5.91 Å². The minimum absolute atomic E-state index is 0.0201. The zero-order valence-corrected chi connectivity index (χ0v) is 15.7. The number of carbonyl (C=O) groups is 2. The Kier molecular flexibility index (Phi) is 7.39. The molecule has 0 aliphatic rings. The number of aryl methyl sites for hydroxylation is 1. The Labute approximate surface area is 155 Å². The van der Waals surface area contributed by atoms with Crippen LogP contribution in [0.5, 0.6) is 0 Å². The maximum Gasteiger partial charge on any atom is 0.338 e. The highest BCUT2D eigenvalue weighted by Gasteiger charge is 2.12. The highest BCUT2D eigenvalue weighted by molar-refractivity contribution is 5.91. The molecule has 1 amide bonds. The van der Waals surface area contributed by atoms with Gasteiger partial charge in [-0.25, -0.2) is 4.79 Å². The van der Waals surface area contributed by atoms with Crippen molar-refractivity contribution in [3.8, 4) is 0 Å². The highest BCUT2D eigenvalue weighted by atomic mass is 16.5. The van der Waals surface area contributed by atoms with Gasteiger partial charge in [0, 0.05) is 6.04 Å². The summed E-state index contributed by atoms with van der Waals surface area (Å²) in [6, 6.07) is 17.4. The Morgan fingerprint density at radius 3 is 2.23 bits per heavy atom. The Bertz CT molecular complexity index is 708. The number of hydrogen-bond donors (Lipinski definition) is 1. The van der Waals surface area contributed by atoms with Crippen molar-refractivity contribution in [2.75, 3.05) is 6.61 Å². The van der Waals surface area contributed by atoms with E-state index in [0.29, 0.717) is 11.5 Å². The van der Waals surface area contributed by atoms with Crippen molar-refractivity contribution in [2.24, 2.45) is 0 Å². The maximum atomic E-state index is 12.0. The quantitative estimate of drug-likeness (QED) is 0.727. The van der Waals surface area contributed by atoms with Crippen molar-refractivity contribution in [1.82, 2.24) is 5.32 Å². The van der Waals surface area contributed by atoms with Crippen LogP contribution >= 0.6 is 0 Å². The third kappa shape index (κ3) is 6.36. The third-order valence-corrected chi connectivity index (χ3v) is 4.26. The van der Waals surface area contributed by atoms with E-state index in [0.717, 1.165) is 18.4 Å². The molecule has 0 radical (unpaired) electrons. The molecule has 0 saturated heterocycles. The lowest BCUT2D eigenvalue weighted by Crippen LogP contribution is -2.36. The summed E-state index contributed by atoms with van der Waals surface area (Å²) in [6.07, 6.45) is 1.73. The van der Waals surface area contributed by atoms with Crippen molar-refractivity contribution < 1.29 is 14.3 Å². The number of esters is 1. The Hall–Kier alpha value is -2.62. The molecule has 4 nitrogen and oxygen atoms in total. The van der Waals surface area contributed by atoms with Gasteiger partial charge in [-0.2, -0.15) is 0 Å². The first kappa shape index (κ1) is 19.7. The van der Waals surface area contributed by atoms with Crippen LogP contribution in [0.4, 0.5) is 0 Å². The molecule has 0 fully saturated rings. The first-order valence-corrected chi connectivity index (χ1v) is 9.06. The summed E-state index contributed by atoms with van der Waals surface area (Å²) in [7, 11) is 0. The smallest absolute Gasteiger partial charge is 0.338 e. The van der Waals surface area contributed by atoms with Gasteiger partial charge in [0.1, 0.15) is 0 Å². The fourth-order valence-corrected chi connectivity index (χ4v) is 2.64. The summed E-state index contributed by atoms with van der Waals surface area (Å²) in [4.78, 5) is 24.0. The molecule has 4 heteroatoms. The number of rotatable bonds is 8. The minimum Gasteiger partial charge on any atom is -0.452 e. The average Bonchev–Trinajstić information content (AvgIpc) is 2.65. The van der Waals surface area contributed by atoms with Crippen LogP contribution < -0.4 is 5.32 Å². The van der Waals surface area contributed by atoms with E-state index in [-0.39, 0.29) is 18.6 Å². The van der Waals surface area contributed by atoms with Crippen LogP contribution in [0.25, 0.3) is 0 Å². The summed E-state index contributed by atoms with van der Waals surface area (Å²) < 4.78 is 5.10. The predicted octanol–water partition coefficient (Wildman–Crippen LogP) is 4.10. The Morgan fingerprint density at radius 1 is 0.962 bits per heavy atom. The Balaban J connectivity index is 1.72. The van der Waals surface area contributed by atoms with E-state index in [4.69, 9.17) is 4.74 Å². The molecule has 0 spiro atoms. The molecule has 1 N–H and O–H groups in total. The lowest BCUT2D eigenvalue weighted by Gasteiger charge is -2.14. The fraction of sp³-hybridized carbons (Fsp3) is 0.364. The molecule has 1 atom stereocenters. The zero-order valence-electron chi connectivity index (χ0n) is 15.7. The molecule has 0 heterocycles. The van der Waals surface area contributed by atoms with Gasteiger partial charge in [-0.05, 0) is 48.9 Å². The van der Waals surface area contributed by atoms with Gasteiger partial charge in [0.15, 0.2) is 6.61 Å². The first-order valence-electron chi connectivity index (χ1n) is 9.06. The van der Waals surface area contributed by atoms with Crippen LogP contribution in [0.15, 0.2) is 54.6 Å². The molecule has 0 aliphatic carbocycles. The van der Waals surface area contributed by atoms with Crippen LogP contribution in [0, 0.1) is 0 Å². The van der Waals surface area contributed by atoms with Gasteiger partial charge in [0.05, 0.1) is 5.56 Å². The van der Waals surface area contributed by atoms with E-state index >= 15 is 0 Å². The molecule has 0 saturated carbocycles. The number of hydrogen-bond acceptors (Lipinski definition) is 3. The summed E-state index contributed by atoms with van der Waals surface area (Å²) >= 11 is 0. The van der Waals surface area contributed by atoms with E-state index < -0.39 is 5.97 Å². The van der Waals surface area contributed by atoms with Gasteiger partial charge in [-0.15, -0.1) is 0 Å². The van der Waals surface area contributed by atoms with Crippen LogP contribution in [-0.2, 0) is 16.0 Å².